The zero-order valence-corrected chi connectivity index (χ0v) is 20.0. The minimum absolute atomic E-state index is 0.0715. The zero-order chi connectivity index (χ0) is 22.3. The number of nitrogens with zero attached hydrogens (tertiary/aromatic N) is 3. The van der Waals surface area contributed by atoms with Crippen LogP contribution >= 0.6 is 23.4 Å². The number of benzene rings is 2. The molecule has 2 aromatic carbocycles. The smallest absolute Gasteiger partial charge is 0.266 e. The van der Waals surface area contributed by atoms with Gasteiger partial charge < -0.3 is 4.90 Å². The van der Waals surface area contributed by atoms with E-state index >= 15 is 0 Å². The third kappa shape index (κ3) is 4.04. The predicted molar refractivity (Wildman–Crippen MR) is 134 cm³/mol. The maximum Gasteiger partial charge on any atom is 0.266 e. The number of allylic oxidation sites excluding steroid dienone is 1. The van der Waals surface area contributed by atoms with E-state index in [-0.39, 0.29) is 11.4 Å². The first-order valence-corrected chi connectivity index (χ1v) is 11.5. The SMILES string of the molecule is CCN1c2cc(Cl)c(/C=C3/SC(=Nc4ccccc4)N(C)C3=O)cc2C(C)=CC1(C)C. The fourth-order valence-corrected chi connectivity index (χ4v) is 5.40. The molecule has 6 heteroatoms. The van der Waals surface area contributed by atoms with Crippen molar-refractivity contribution in [3.05, 3.63) is 69.6 Å². The molecule has 0 atom stereocenters. The lowest BCUT2D eigenvalue weighted by Gasteiger charge is -2.43. The van der Waals surface area contributed by atoms with Gasteiger partial charge in [-0.2, -0.15) is 0 Å². The molecule has 0 spiro atoms. The molecule has 1 saturated heterocycles. The van der Waals surface area contributed by atoms with Crippen molar-refractivity contribution in [1.29, 1.82) is 0 Å². The molecule has 2 aliphatic heterocycles. The number of fused-ring (bicyclic) bond motifs is 1. The number of thioether (sulfide) groups is 1. The van der Waals surface area contributed by atoms with Crippen LogP contribution in [0, 0.1) is 0 Å². The van der Waals surface area contributed by atoms with Crippen LogP contribution in [0.4, 0.5) is 11.4 Å². The third-order valence-corrected chi connectivity index (χ3v) is 7.07. The van der Waals surface area contributed by atoms with Gasteiger partial charge in [-0.25, -0.2) is 4.99 Å². The monoisotopic (exact) mass is 451 g/mol. The molecule has 0 aliphatic carbocycles. The van der Waals surface area contributed by atoms with E-state index in [9.17, 15) is 4.79 Å². The molecule has 0 unspecified atom stereocenters. The van der Waals surface area contributed by atoms with Gasteiger partial charge in [0.05, 0.1) is 16.1 Å². The van der Waals surface area contributed by atoms with Gasteiger partial charge in [0.15, 0.2) is 5.17 Å². The van der Waals surface area contributed by atoms with Gasteiger partial charge in [-0.1, -0.05) is 35.9 Å². The van der Waals surface area contributed by atoms with Crippen molar-refractivity contribution in [3.8, 4) is 0 Å². The summed E-state index contributed by atoms with van der Waals surface area (Å²) >= 11 is 8.07. The van der Waals surface area contributed by atoms with Gasteiger partial charge in [0, 0.05) is 29.9 Å². The molecule has 0 N–H and O–H groups in total. The van der Waals surface area contributed by atoms with Crippen LogP contribution in [0.25, 0.3) is 11.6 Å². The highest BCUT2D eigenvalue weighted by Crippen LogP contribution is 2.42. The summed E-state index contributed by atoms with van der Waals surface area (Å²) in [5.74, 6) is -0.0722. The Morgan fingerprint density at radius 3 is 2.58 bits per heavy atom. The van der Waals surface area contributed by atoms with Gasteiger partial charge in [0.25, 0.3) is 5.91 Å². The first-order valence-electron chi connectivity index (χ1n) is 10.3. The molecule has 160 valence electrons. The summed E-state index contributed by atoms with van der Waals surface area (Å²) in [5.41, 5.74) is 5.09. The number of carbonyl (C=O) groups excluding carboxylic acids is 1. The molecule has 0 aromatic heterocycles. The topological polar surface area (TPSA) is 35.9 Å². The van der Waals surface area contributed by atoms with Crippen LogP contribution in [0.15, 0.2) is 58.4 Å². The van der Waals surface area contributed by atoms with Gasteiger partial charge in [0.2, 0.25) is 0 Å². The lowest BCUT2D eigenvalue weighted by molar-refractivity contribution is -0.121. The molecule has 4 rings (SSSR count). The number of amides is 1. The number of carbonyl (C=O) groups is 1. The van der Waals surface area contributed by atoms with Crippen LogP contribution < -0.4 is 4.90 Å². The molecule has 1 amide bonds. The Balaban J connectivity index is 1.72. The molecule has 31 heavy (non-hydrogen) atoms. The van der Waals surface area contributed by atoms with Crippen LogP contribution in [-0.4, -0.2) is 35.1 Å². The lowest BCUT2D eigenvalue weighted by atomic mass is 9.88. The molecule has 2 aliphatic rings. The lowest BCUT2D eigenvalue weighted by Crippen LogP contribution is -2.44. The number of rotatable bonds is 3. The molecule has 0 bridgehead atoms. The van der Waals surface area contributed by atoms with E-state index in [0.717, 1.165) is 29.0 Å². The zero-order valence-electron chi connectivity index (χ0n) is 18.4. The third-order valence-electron chi connectivity index (χ3n) is 5.68. The van der Waals surface area contributed by atoms with Crippen LogP contribution in [0.5, 0.6) is 0 Å². The number of halogens is 1. The van der Waals surface area contributed by atoms with E-state index in [1.54, 1.807) is 11.9 Å². The number of amidine groups is 1. The van der Waals surface area contributed by atoms with E-state index in [0.29, 0.717) is 15.1 Å². The summed E-state index contributed by atoms with van der Waals surface area (Å²) in [6.07, 6.45) is 4.17. The second kappa shape index (κ2) is 8.21. The van der Waals surface area contributed by atoms with Gasteiger partial charge >= 0.3 is 0 Å². The largest absolute Gasteiger partial charge is 0.363 e. The Labute approximate surface area is 193 Å². The summed E-state index contributed by atoms with van der Waals surface area (Å²) < 4.78 is 0. The average Bonchev–Trinajstić information content (AvgIpc) is 2.97. The second-order valence-corrected chi connectivity index (χ2v) is 9.74. The molecule has 0 saturated carbocycles. The van der Waals surface area contributed by atoms with E-state index in [4.69, 9.17) is 11.6 Å². The second-order valence-electron chi connectivity index (χ2n) is 8.32. The van der Waals surface area contributed by atoms with Crippen molar-refractivity contribution in [1.82, 2.24) is 4.90 Å². The van der Waals surface area contributed by atoms with Crippen LogP contribution in [0.1, 0.15) is 38.8 Å². The molecule has 1 fully saturated rings. The van der Waals surface area contributed by atoms with Crippen LogP contribution in [-0.2, 0) is 4.79 Å². The van der Waals surface area contributed by atoms with E-state index in [1.807, 2.05) is 42.5 Å². The van der Waals surface area contributed by atoms with Gasteiger partial charge in [-0.3, -0.25) is 9.69 Å². The Hall–Kier alpha value is -2.50. The highest BCUT2D eigenvalue weighted by atomic mass is 35.5. The van der Waals surface area contributed by atoms with Crippen molar-refractivity contribution in [2.45, 2.75) is 33.2 Å². The molecule has 0 radical (unpaired) electrons. The number of para-hydroxylation sites is 1. The Kier molecular flexibility index (Phi) is 5.75. The number of anilines is 1. The summed E-state index contributed by atoms with van der Waals surface area (Å²) in [5, 5.41) is 1.30. The summed E-state index contributed by atoms with van der Waals surface area (Å²) in [4.78, 5) is 22.0. The van der Waals surface area contributed by atoms with E-state index in [1.165, 1.54) is 17.3 Å². The summed E-state index contributed by atoms with van der Waals surface area (Å²) in [6, 6.07) is 13.8. The number of aliphatic imine (C=N–C) groups is 1. The first kappa shape index (κ1) is 21.7. The Morgan fingerprint density at radius 2 is 1.90 bits per heavy atom. The van der Waals surface area contributed by atoms with Crippen molar-refractivity contribution < 1.29 is 4.79 Å². The van der Waals surface area contributed by atoms with Crippen molar-refractivity contribution >= 4 is 57.5 Å². The quantitative estimate of drug-likeness (QED) is 0.493. The summed E-state index contributed by atoms with van der Waals surface area (Å²) in [7, 11) is 1.75. The molecule has 2 heterocycles. The Morgan fingerprint density at radius 1 is 1.19 bits per heavy atom. The van der Waals surface area contributed by atoms with Crippen molar-refractivity contribution in [2.75, 3.05) is 18.5 Å². The first-order chi connectivity index (χ1) is 14.7. The van der Waals surface area contributed by atoms with Crippen LogP contribution in [0.2, 0.25) is 5.02 Å². The van der Waals surface area contributed by atoms with Gasteiger partial charge in [0.1, 0.15) is 0 Å². The fraction of sp³-hybridized carbons (Fsp3) is 0.280. The number of hydrogen-bond donors (Lipinski definition) is 0. The molecular weight excluding hydrogens is 426 g/mol. The summed E-state index contributed by atoms with van der Waals surface area (Å²) in [6.45, 7) is 9.60. The highest BCUT2D eigenvalue weighted by Gasteiger charge is 2.32. The van der Waals surface area contributed by atoms with E-state index < -0.39 is 0 Å². The van der Waals surface area contributed by atoms with Crippen molar-refractivity contribution in [3.63, 3.8) is 0 Å². The maximum atomic E-state index is 12.9. The molecular formula is C25H26ClN3OS. The highest BCUT2D eigenvalue weighted by molar-refractivity contribution is 8.18. The average molecular weight is 452 g/mol. The maximum absolute atomic E-state index is 12.9. The van der Waals surface area contributed by atoms with Crippen molar-refractivity contribution in [2.24, 2.45) is 4.99 Å². The van der Waals surface area contributed by atoms with E-state index in [2.05, 4.69) is 49.7 Å². The number of hydrogen-bond acceptors (Lipinski definition) is 4. The number of likely N-dealkylation sites (N-methyl/N-ethyl adjacent to an activating group) is 2. The standard InChI is InChI=1S/C25H26ClN3OS/c1-6-29-21-14-20(26)17(12-19(21)16(2)15-25(29,3)4)13-22-23(30)28(5)24(31-22)27-18-10-8-7-9-11-18/h7-15H,6H2,1-5H3/b22-13+,27-24?. The minimum Gasteiger partial charge on any atom is -0.363 e. The van der Waals surface area contributed by atoms with Gasteiger partial charge in [-0.05, 0) is 80.9 Å². The Bertz CT molecular complexity index is 1130. The molecule has 4 nitrogen and oxygen atoms in total. The normalized spacial score (nSPS) is 20.5. The molecule has 2 aromatic rings. The van der Waals surface area contributed by atoms with Gasteiger partial charge in [-0.15, -0.1) is 0 Å². The predicted octanol–water partition coefficient (Wildman–Crippen LogP) is 6.60. The fourth-order valence-electron chi connectivity index (χ4n) is 4.21. The van der Waals surface area contributed by atoms with Crippen LogP contribution in [0.3, 0.4) is 0 Å². The minimum atomic E-state index is -0.0722.